The van der Waals surface area contributed by atoms with Gasteiger partial charge in [-0.2, -0.15) is 0 Å². The van der Waals surface area contributed by atoms with E-state index in [1.165, 1.54) is 0 Å². The summed E-state index contributed by atoms with van der Waals surface area (Å²) in [4.78, 5) is 0. The van der Waals surface area contributed by atoms with Crippen LogP contribution in [-0.4, -0.2) is 13.2 Å². The van der Waals surface area contributed by atoms with Crippen LogP contribution in [0.1, 0.15) is 0 Å². The minimum Gasteiger partial charge on any atom is -0.488 e. The first-order valence-electron chi connectivity index (χ1n) is 6.17. The first kappa shape index (κ1) is 14.8. The number of ether oxygens (including phenoxy) is 2. The zero-order valence-electron chi connectivity index (χ0n) is 10.8. The van der Waals surface area contributed by atoms with Gasteiger partial charge in [0.1, 0.15) is 24.7 Å². The third kappa shape index (κ3) is 4.48. The van der Waals surface area contributed by atoms with Crippen LogP contribution in [0.3, 0.4) is 0 Å². The minimum atomic E-state index is 0.440. The molecular formula is C16H14Cl2O2. The van der Waals surface area contributed by atoms with Crippen molar-refractivity contribution in [2.45, 2.75) is 0 Å². The predicted octanol–water partition coefficient (Wildman–Crippen LogP) is 5.01. The van der Waals surface area contributed by atoms with E-state index >= 15 is 0 Å². The SMILES string of the molecule is Clc1ccccc1OCC=CCOc1ccccc1Cl. The molecule has 0 amide bonds. The van der Waals surface area contributed by atoms with Crippen LogP contribution in [0, 0.1) is 0 Å². The molecule has 2 rings (SSSR count). The molecule has 2 aromatic rings. The van der Waals surface area contributed by atoms with Gasteiger partial charge in [-0.1, -0.05) is 47.5 Å². The van der Waals surface area contributed by atoms with Crippen LogP contribution in [0.25, 0.3) is 0 Å². The molecule has 0 spiro atoms. The van der Waals surface area contributed by atoms with Crippen molar-refractivity contribution in [3.8, 4) is 11.5 Å². The lowest BCUT2D eigenvalue weighted by Gasteiger charge is -2.05. The Labute approximate surface area is 128 Å². The molecule has 104 valence electrons. The Morgan fingerprint density at radius 3 is 1.50 bits per heavy atom. The van der Waals surface area contributed by atoms with E-state index in [0.29, 0.717) is 34.8 Å². The Kier molecular flexibility index (Phi) is 5.78. The summed E-state index contributed by atoms with van der Waals surface area (Å²) in [5.41, 5.74) is 0. The van der Waals surface area contributed by atoms with Crippen LogP contribution in [0.15, 0.2) is 60.7 Å². The second kappa shape index (κ2) is 7.83. The van der Waals surface area contributed by atoms with Crippen molar-refractivity contribution in [1.82, 2.24) is 0 Å². The molecule has 0 unspecified atom stereocenters. The Hall–Kier alpha value is -1.64. The van der Waals surface area contributed by atoms with Gasteiger partial charge in [-0.3, -0.25) is 0 Å². The molecule has 0 saturated heterocycles. The lowest BCUT2D eigenvalue weighted by molar-refractivity contribution is 0.350. The third-order valence-corrected chi connectivity index (χ3v) is 3.13. The van der Waals surface area contributed by atoms with Crippen LogP contribution in [-0.2, 0) is 0 Å². The summed E-state index contributed by atoms with van der Waals surface area (Å²) in [7, 11) is 0. The fraction of sp³-hybridized carbons (Fsp3) is 0.125. The first-order valence-corrected chi connectivity index (χ1v) is 6.92. The quantitative estimate of drug-likeness (QED) is 0.699. The fourth-order valence-electron chi connectivity index (χ4n) is 1.54. The number of rotatable bonds is 6. The topological polar surface area (TPSA) is 18.5 Å². The summed E-state index contributed by atoms with van der Waals surface area (Å²) in [6, 6.07) is 14.7. The lowest BCUT2D eigenvalue weighted by atomic mass is 10.3. The number of benzene rings is 2. The average Bonchev–Trinajstić information content (AvgIpc) is 2.46. The van der Waals surface area contributed by atoms with E-state index in [4.69, 9.17) is 32.7 Å². The van der Waals surface area contributed by atoms with Crippen LogP contribution in [0.5, 0.6) is 11.5 Å². The van der Waals surface area contributed by atoms with Crippen molar-refractivity contribution >= 4 is 23.2 Å². The zero-order chi connectivity index (χ0) is 14.2. The van der Waals surface area contributed by atoms with Gasteiger partial charge in [0, 0.05) is 0 Å². The fourth-order valence-corrected chi connectivity index (χ4v) is 1.92. The summed E-state index contributed by atoms with van der Waals surface area (Å²) in [6.45, 7) is 0.880. The molecule has 0 aromatic heterocycles. The van der Waals surface area contributed by atoms with Gasteiger partial charge in [-0.25, -0.2) is 0 Å². The van der Waals surface area contributed by atoms with Gasteiger partial charge in [0.15, 0.2) is 0 Å². The summed E-state index contributed by atoms with van der Waals surface area (Å²) in [6.07, 6.45) is 3.75. The highest BCUT2D eigenvalue weighted by atomic mass is 35.5. The molecule has 0 aliphatic rings. The smallest absolute Gasteiger partial charge is 0.138 e. The van der Waals surface area contributed by atoms with Crippen LogP contribution < -0.4 is 9.47 Å². The highest BCUT2D eigenvalue weighted by Gasteiger charge is 1.98. The maximum atomic E-state index is 5.97. The standard InChI is InChI=1S/C16H14Cl2O2/c17-13-7-1-3-9-15(13)19-11-5-6-12-20-16-10-4-2-8-14(16)18/h1-10H,11-12H2. The van der Waals surface area contributed by atoms with E-state index in [2.05, 4.69) is 0 Å². The van der Waals surface area contributed by atoms with E-state index in [-0.39, 0.29) is 0 Å². The lowest BCUT2D eigenvalue weighted by Crippen LogP contribution is -1.97. The van der Waals surface area contributed by atoms with E-state index in [1.807, 2.05) is 48.6 Å². The van der Waals surface area contributed by atoms with Crippen molar-refractivity contribution in [3.05, 3.63) is 70.7 Å². The highest BCUT2D eigenvalue weighted by molar-refractivity contribution is 6.32. The molecule has 0 aliphatic carbocycles. The summed E-state index contributed by atoms with van der Waals surface area (Å²) in [5, 5.41) is 1.21. The monoisotopic (exact) mass is 308 g/mol. The first-order chi connectivity index (χ1) is 9.77. The maximum absolute atomic E-state index is 5.97. The maximum Gasteiger partial charge on any atom is 0.138 e. The largest absolute Gasteiger partial charge is 0.488 e. The van der Waals surface area contributed by atoms with Gasteiger partial charge in [0.2, 0.25) is 0 Å². The van der Waals surface area contributed by atoms with E-state index < -0.39 is 0 Å². The van der Waals surface area contributed by atoms with Crippen LogP contribution in [0.2, 0.25) is 10.0 Å². The van der Waals surface area contributed by atoms with Crippen molar-refractivity contribution < 1.29 is 9.47 Å². The molecule has 2 aromatic carbocycles. The summed E-state index contributed by atoms with van der Waals surface area (Å²) >= 11 is 11.9. The molecule has 0 radical (unpaired) electrons. The molecular weight excluding hydrogens is 295 g/mol. The number of hydrogen-bond donors (Lipinski definition) is 0. The van der Waals surface area contributed by atoms with Gasteiger partial charge in [-0.05, 0) is 36.4 Å². The van der Waals surface area contributed by atoms with Gasteiger partial charge in [0.05, 0.1) is 10.0 Å². The Bertz CT molecular complexity index is 531. The Morgan fingerprint density at radius 2 is 1.10 bits per heavy atom. The molecule has 0 fully saturated rings. The van der Waals surface area contributed by atoms with Crippen molar-refractivity contribution in [3.63, 3.8) is 0 Å². The van der Waals surface area contributed by atoms with Crippen molar-refractivity contribution in [1.29, 1.82) is 0 Å². The third-order valence-electron chi connectivity index (χ3n) is 2.51. The van der Waals surface area contributed by atoms with Crippen molar-refractivity contribution in [2.75, 3.05) is 13.2 Å². The average molecular weight is 309 g/mol. The summed E-state index contributed by atoms with van der Waals surface area (Å²) < 4.78 is 11.0. The molecule has 4 heteroatoms. The molecule has 0 atom stereocenters. The Balaban J connectivity index is 1.73. The van der Waals surface area contributed by atoms with Crippen molar-refractivity contribution in [2.24, 2.45) is 0 Å². The zero-order valence-corrected chi connectivity index (χ0v) is 12.3. The van der Waals surface area contributed by atoms with Gasteiger partial charge in [0.25, 0.3) is 0 Å². The molecule has 0 N–H and O–H groups in total. The molecule has 0 saturated carbocycles. The molecule has 20 heavy (non-hydrogen) atoms. The van der Waals surface area contributed by atoms with Gasteiger partial charge < -0.3 is 9.47 Å². The number of hydrogen-bond acceptors (Lipinski definition) is 2. The van der Waals surface area contributed by atoms with E-state index in [9.17, 15) is 0 Å². The number of para-hydroxylation sites is 2. The predicted molar refractivity (Wildman–Crippen MR) is 83.0 cm³/mol. The Morgan fingerprint density at radius 1 is 0.700 bits per heavy atom. The van der Waals surface area contributed by atoms with Crippen LogP contribution >= 0.6 is 23.2 Å². The molecule has 0 heterocycles. The second-order valence-electron chi connectivity index (χ2n) is 3.95. The molecule has 0 bridgehead atoms. The normalized spacial score (nSPS) is 10.7. The highest BCUT2D eigenvalue weighted by Crippen LogP contribution is 2.23. The number of halogens is 2. The van der Waals surface area contributed by atoms with E-state index in [1.54, 1.807) is 12.1 Å². The second-order valence-corrected chi connectivity index (χ2v) is 4.77. The van der Waals surface area contributed by atoms with Gasteiger partial charge >= 0.3 is 0 Å². The molecule has 2 nitrogen and oxygen atoms in total. The van der Waals surface area contributed by atoms with E-state index in [0.717, 1.165) is 0 Å². The van der Waals surface area contributed by atoms with Gasteiger partial charge in [-0.15, -0.1) is 0 Å². The summed E-state index contributed by atoms with van der Waals surface area (Å²) in [5.74, 6) is 1.34. The van der Waals surface area contributed by atoms with Crippen LogP contribution in [0.4, 0.5) is 0 Å². The minimum absolute atomic E-state index is 0.440. The molecule has 0 aliphatic heterocycles.